The smallest absolute Gasteiger partial charge is 0.224 e. The Morgan fingerprint density at radius 3 is 2.17 bits per heavy atom. The van der Waals surface area contributed by atoms with E-state index in [0.29, 0.717) is 13.1 Å². The van der Waals surface area contributed by atoms with Gasteiger partial charge in [-0.1, -0.05) is 6.42 Å². The number of hydrogen-bond acceptors (Lipinski definition) is 3. The minimum atomic E-state index is 0.134. The second-order valence-corrected chi connectivity index (χ2v) is 5.25. The Bertz CT molecular complexity index is 297. The summed E-state index contributed by atoms with van der Waals surface area (Å²) in [4.78, 5) is 23.2. The Labute approximate surface area is 108 Å². The van der Waals surface area contributed by atoms with E-state index in [1.54, 1.807) is 0 Å². The van der Waals surface area contributed by atoms with Crippen LogP contribution in [0.5, 0.6) is 0 Å². The summed E-state index contributed by atoms with van der Waals surface area (Å²) in [5.41, 5.74) is 0. The lowest BCUT2D eigenvalue weighted by atomic mass is 9.85. The predicted molar refractivity (Wildman–Crippen MR) is 69.0 cm³/mol. The highest BCUT2D eigenvalue weighted by atomic mass is 16.2. The standard InChI is InChI=1S/C13H23N3O2/c17-12(10-3-1-4-10)15-6-2-7-16-13(18)11-5-8-14-9-11/h10-11,14H,1-9H2,(H,15,17)(H,16,18). The predicted octanol–water partition coefficient (Wildman–Crippen LogP) is 0.0185. The van der Waals surface area contributed by atoms with Crippen molar-refractivity contribution in [3.8, 4) is 0 Å². The van der Waals surface area contributed by atoms with Crippen molar-refractivity contribution >= 4 is 11.8 Å². The fourth-order valence-electron chi connectivity index (χ4n) is 2.35. The van der Waals surface area contributed by atoms with Crippen LogP contribution >= 0.6 is 0 Å². The Hall–Kier alpha value is -1.10. The molecule has 0 radical (unpaired) electrons. The largest absolute Gasteiger partial charge is 0.356 e. The van der Waals surface area contributed by atoms with Gasteiger partial charge in [-0.2, -0.15) is 0 Å². The molecule has 2 fully saturated rings. The van der Waals surface area contributed by atoms with Crippen molar-refractivity contribution in [3.63, 3.8) is 0 Å². The Kier molecular flexibility index (Phi) is 4.99. The van der Waals surface area contributed by atoms with Crippen molar-refractivity contribution in [2.75, 3.05) is 26.2 Å². The number of carbonyl (C=O) groups excluding carboxylic acids is 2. The third-order valence-corrected chi connectivity index (χ3v) is 3.86. The molecule has 5 heteroatoms. The third-order valence-electron chi connectivity index (χ3n) is 3.86. The van der Waals surface area contributed by atoms with Crippen LogP contribution < -0.4 is 16.0 Å². The summed E-state index contributed by atoms with van der Waals surface area (Å²) in [7, 11) is 0. The maximum atomic E-state index is 11.7. The summed E-state index contributed by atoms with van der Waals surface area (Å²) in [6, 6.07) is 0. The Morgan fingerprint density at radius 1 is 1.00 bits per heavy atom. The van der Waals surface area contributed by atoms with Crippen LogP contribution in [0, 0.1) is 11.8 Å². The highest BCUT2D eigenvalue weighted by Crippen LogP contribution is 2.25. The van der Waals surface area contributed by atoms with Crippen LogP contribution in [0.25, 0.3) is 0 Å². The Balaban J connectivity index is 1.47. The molecule has 1 aliphatic carbocycles. The first kappa shape index (κ1) is 13.3. The van der Waals surface area contributed by atoms with Gasteiger partial charge in [-0.05, 0) is 32.2 Å². The first-order valence-corrected chi connectivity index (χ1v) is 7.03. The fourth-order valence-corrected chi connectivity index (χ4v) is 2.35. The molecule has 0 spiro atoms. The van der Waals surface area contributed by atoms with Crippen molar-refractivity contribution in [2.24, 2.45) is 11.8 Å². The highest BCUT2D eigenvalue weighted by Gasteiger charge is 2.24. The van der Waals surface area contributed by atoms with E-state index in [9.17, 15) is 9.59 Å². The number of hydrogen-bond donors (Lipinski definition) is 3. The molecule has 1 unspecified atom stereocenters. The van der Waals surface area contributed by atoms with Gasteiger partial charge in [-0.15, -0.1) is 0 Å². The average Bonchev–Trinajstić information content (AvgIpc) is 2.79. The van der Waals surface area contributed by atoms with Crippen LogP contribution in [0.3, 0.4) is 0 Å². The van der Waals surface area contributed by atoms with Gasteiger partial charge < -0.3 is 16.0 Å². The van der Waals surface area contributed by atoms with Crippen molar-refractivity contribution in [3.05, 3.63) is 0 Å². The van der Waals surface area contributed by atoms with Crippen molar-refractivity contribution in [2.45, 2.75) is 32.1 Å². The molecular formula is C13H23N3O2. The quantitative estimate of drug-likeness (QED) is 0.584. The van der Waals surface area contributed by atoms with Crippen LogP contribution in [0.1, 0.15) is 32.1 Å². The molecule has 0 aromatic heterocycles. The maximum Gasteiger partial charge on any atom is 0.224 e. The van der Waals surface area contributed by atoms with Crippen LogP contribution in [0.4, 0.5) is 0 Å². The lowest BCUT2D eigenvalue weighted by Crippen LogP contribution is -2.37. The molecule has 2 aliphatic rings. The normalized spacial score (nSPS) is 23.4. The van der Waals surface area contributed by atoms with E-state index in [4.69, 9.17) is 0 Å². The van der Waals surface area contributed by atoms with Gasteiger partial charge in [0.25, 0.3) is 0 Å². The molecule has 2 rings (SSSR count). The minimum Gasteiger partial charge on any atom is -0.356 e. The molecule has 1 saturated heterocycles. The van der Waals surface area contributed by atoms with Gasteiger partial charge in [-0.3, -0.25) is 9.59 Å². The van der Waals surface area contributed by atoms with E-state index in [1.807, 2.05) is 0 Å². The molecule has 1 aliphatic heterocycles. The number of nitrogens with one attached hydrogen (secondary N) is 3. The van der Waals surface area contributed by atoms with Crippen molar-refractivity contribution in [1.82, 2.24) is 16.0 Å². The molecule has 1 atom stereocenters. The second kappa shape index (κ2) is 6.73. The average molecular weight is 253 g/mol. The first-order valence-electron chi connectivity index (χ1n) is 7.03. The molecule has 1 saturated carbocycles. The van der Waals surface area contributed by atoms with Gasteiger partial charge in [0, 0.05) is 25.6 Å². The van der Waals surface area contributed by atoms with Gasteiger partial charge >= 0.3 is 0 Å². The van der Waals surface area contributed by atoms with Crippen LogP contribution in [0.2, 0.25) is 0 Å². The number of amides is 2. The van der Waals surface area contributed by atoms with Gasteiger partial charge in [0.15, 0.2) is 0 Å². The molecule has 2 amide bonds. The van der Waals surface area contributed by atoms with Gasteiger partial charge in [0.2, 0.25) is 11.8 Å². The van der Waals surface area contributed by atoms with Crippen LogP contribution in [0.15, 0.2) is 0 Å². The highest BCUT2D eigenvalue weighted by molar-refractivity contribution is 5.79. The first-order chi connectivity index (χ1) is 8.77. The van der Waals surface area contributed by atoms with E-state index < -0.39 is 0 Å². The number of rotatable bonds is 6. The van der Waals surface area contributed by atoms with E-state index in [1.165, 1.54) is 6.42 Å². The van der Waals surface area contributed by atoms with Crippen LogP contribution in [-0.2, 0) is 9.59 Å². The lowest BCUT2D eigenvalue weighted by Gasteiger charge is -2.24. The molecule has 18 heavy (non-hydrogen) atoms. The molecule has 5 nitrogen and oxygen atoms in total. The summed E-state index contributed by atoms with van der Waals surface area (Å²) < 4.78 is 0. The molecule has 1 heterocycles. The van der Waals surface area contributed by atoms with E-state index >= 15 is 0 Å². The lowest BCUT2D eigenvalue weighted by molar-refractivity contribution is -0.127. The monoisotopic (exact) mass is 253 g/mol. The summed E-state index contributed by atoms with van der Waals surface area (Å²) in [5.74, 6) is 0.719. The van der Waals surface area contributed by atoms with Gasteiger partial charge in [-0.25, -0.2) is 0 Å². The van der Waals surface area contributed by atoms with Gasteiger partial charge in [0.1, 0.15) is 0 Å². The molecule has 0 aromatic carbocycles. The summed E-state index contributed by atoms with van der Waals surface area (Å²) >= 11 is 0. The topological polar surface area (TPSA) is 70.2 Å². The summed E-state index contributed by atoms with van der Waals surface area (Å²) in [6.07, 6.45) is 5.01. The minimum absolute atomic E-state index is 0.134. The van der Waals surface area contributed by atoms with Crippen molar-refractivity contribution in [1.29, 1.82) is 0 Å². The van der Waals surface area contributed by atoms with E-state index in [0.717, 1.165) is 38.8 Å². The molecule has 0 bridgehead atoms. The van der Waals surface area contributed by atoms with E-state index in [-0.39, 0.29) is 23.7 Å². The molecule has 3 N–H and O–H groups in total. The second-order valence-electron chi connectivity index (χ2n) is 5.25. The fraction of sp³-hybridized carbons (Fsp3) is 0.846. The SMILES string of the molecule is O=C(NCCCNC(=O)C1CCNC1)C1CCC1. The summed E-state index contributed by atoms with van der Waals surface area (Å²) in [5, 5.41) is 9.03. The Morgan fingerprint density at radius 2 is 1.67 bits per heavy atom. The zero-order valence-corrected chi connectivity index (χ0v) is 10.8. The molecule has 102 valence electrons. The van der Waals surface area contributed by atoms with Crippen LogP contribution in [-0.4, -0.2) is 38.0 Å². The molecular weight excluding hydrogens is 230 g/mol. The van der Waals surface area contributed by atoms with Gasteiger partial charge in [0.05, 0.1) is 5.92 Å². The summed E-state index contributed by atoms with van der Waals surface area (Å²) in [6.45, 7) is 3.05. The number of carbonyl (C=O) groups is 2. The zero-order chi connectivity index (χ0) is 12.8. The third kappa shape index (κ3) is 3.70. The molecule has 0 aromatic rings. The van der Waals surface area contributed by atoms with Crippen molar-refractivity contribution < 1.29 is 9.59 Å². The maximum absolute atomic E-state index is 11.7. The van der Waals surface area contributed by atoms with E-state index in [2.05, 4.69) is 16.0 Å². The zero-order valence-electron chi connectivity index (χ0n) is 10.8.